The van der Waals surface area contributed by atoms with Crippen LogP contribution in [0, 0.1) is 17.8 Å². The van der Waals surface area contributed by atoms with E-state index in [2.05, 4.69) is 11.8 Å². The van der Waals surface area contributed by atoms with Crippen molar-refractivity contribution in [2.24, 2.45) is 23.5 Å². The van der Waals surface area contributed by atoms with Crippen molar-refractivity contribution in [1.29, 1.82) is 0 Å². The highest BCUT2D eigenvalue weighted by Crippen LogP contribution is 2.33. The van der Waals surface area contributed by atoms with Gasteiger partial charge in [0.1, 0.15) is 0 Å². The summed E-state index contributed by atoms with van der Waals surface area (Å²) in [6.45, 7) is 4.98. The molecule has 1 saturated heterocycles. The lowest BCUT2D eigenvalue weighted by molar-refractivity contribution is -0.136. The Labute approximate surface area is 105 Å². The second kappa shape index (κ2) is 5.85. The van der Waals surface area contributed by atoms with E-state index in [1.54, 1.807) is 0 Å². The average molecular weight is 238 g/mol. The second-order valence-electron chi connectivity index (χ2n) is 5.99. The molecule has 0 bridgehead atoms. The normalized spacial score (nSPS) is 34.0. The number of carbonyl (C=O) groups excluding carboxylic acids is 1. The molecule has 98 valence electrons. The van der Waals surface area contributed by atoms with Gasteiger partial charge in [0, 0.05) is 19.0 Å². The molecule has 1 aliphatic heterocycles. The Bertz CT molecular complexity index is 265. The number of rotatable bonds is 3. The topological polar surface area (TPSA) is 46.3 Å². The monoisotopic (exact) mass is 238 g/mol. The largest absolute Gasteiger partial charge is 0.342 e. The van der Waals surface area contributed by atoms with E-state index in [4.69, 9.17) is 5.73 Å². The molecule has 0 aromatic heterocycles. The van der Waals surface area contributed by atoms with E-state index >= 15 is 0 Å². The summed E-state index contributed by atoms with van der Waals surface area (Å²) < 4.78 is 0. The zero-order chi connectivity index (χ0) is 12.3. The Kier molecular flexibility index (Phi) is 4.43. The van der Waals surface area contributed by atoms with Gasteiger partial charge in [-0.1, -0.05) is 19.8 Å². The maximum absolute atomic E-state index is 12.4. The van der Waals surface area contributed by atoms with Gasteiger partial charge in [0.15, 0.2) is 0 Å². The van der Waals surface area contributed by atoms with Crippen LogP contribution in [0.1, 0.15) is 45.4 Å². The molecule has 0 aromatic rings. The summed E-state index contributed by atoms with van der Waals surface area (Å²) >= 11 is 0. The van der Waals surface area contributed by atoms with Gasteiger partial charge in [-0.2, -0.15) is 0 Å². The molecule has 2 rings (SSSR count). The van der Waals surface area contributed by atoms with Crippen LogP contribution in [-0.4, -0.2) is 30.4 Å². The van der Waals surface area contributed by atoms with Crippen LogP contribution in [0.4, 0.5) is 0 Å². The SMILES string of the molecule is CC1CCN(C(=O)C2CCCC(CCN)C2)C1. The van der Waals surface area contributed by atoms with Gasteiger partial charge in [-0.3, -0.25) is 4.79 Å². The smallest absolute Gasteiger partial charge is 0.225 e. The minimum Gasteiger partial charge on any atom is -0.342 e. The zero-order valence-corrected chi connectivity index (χ0v) is 11.0. The predicted octanol–water partition coefficient (Wildman–Crippen LogP) is 2.01. The molecule has 3 unspecified atom stereocenters. The average Bonchev–Trinajstić information content (AvgIpc) is 2.76. The summed E-state index contributed by atoms with van der Waals surface area (Å²) in [6.07, 6.45) is 6.96. The van der Waals surface area contributed by atoms with Crippen molar-refractivity contribution in [1.82, 2.24) is 4.90 Å². The quantitative estimate of drug-likeness (QED) is 0.817. The highest BCUT2D eigenvalue weighted by atomic mass is 16.2. The molecule has 3 heteroatoms. The minimum absolute atomic E-state index is 0.297. The van der Waals surface area contributed by atoms with Gasteiger partial charge in [-0.05, 0) is 44.1 Å². The fraction of sp³-hybridized carbons (Fsp3) is 0.929. The van der Waals surface area contributed by atoms with Crippen molar-refractivity contribution < 1.29 is 4.79 Å². The molecule has 3 atom stereocenters. The van der Waals surface area contributed by atoms with Crippen molar-refractivity contribution in [2.75, 3.05) is 19.6 Å². The Hall–Kier alpha value is -0.570. The molecule has 2 N–H and O–H groups in total. The van der Waals surface area contributed by atoms with E-state index in [-0.39, 0.29) is 0 Å². The fourth-order valence-corrected chi connectivity index (χ4v) is 3.41. The molecule has 1 heterocycles. The number of hydrogen-bond acceptors (Lipinski definition) is 2. The highest BCUT2D eigenvalue weighted by Gasteiger charge is 2.32. The Morgan fingerprint density at radius 1 is 1.35 bits per heavy atom. The van der Waals surface area contributed by atoms with Gasteiger partial charge in [0.05, 0.1) is 0 Å². The molecule has 0 aromatic carbocycles. The third-order valence-corrected chi connectivity index (χ3v) is 4.44. The van der Waals surface area contributed by atoms with Gasteiger partial charge in [0.25, 0.3) is 0 Å². The van der Waals surface area contributed by atoms with Crippen LogP contribution in [0.5, 0.6) is 0 Å². The molecular weight excluding hydrogens is 212 g/mol. The Morgan fingerprint density at radius 2 is 2.18 bits per heavy atom. The maximum Gasteiger partial charge on any atom is 0.225 e. The minimum atomic E-state index is 0.297. The molecule has 0 spiro atoms. The number of nitrogens with two attached hydrogens (primary N) is 1. The van der Waals surface area contributed by atoms with Gasteiger partial charge < -0.3 is 10.6 Å². The number of carbonyl (C=O) groups is 1. The number of amides is 1. The first-order valence-corrected chi connectivity index (χ1v) is 7.19. The maximum atomic E-state index is 12.4. The summed E-state index contributed by atoms with van der Waals surface area (Å²) in [5.41, 5.74) is 5.63. The van der Waals surface area contributed by atoms with Crippen LogP contribution in [0.3, 0.4) is 0 Å². The molecule has 2 fully saturated rings. The Morgan fingerprint density at radius 3 is 2.82 bits per heavy atom. The predicted molar refractivity (Wildman–Crippen MR) is 69.5 cm³/mol. The van der Waals surface area contributed by atoms with Gasteiger partial charge in [0.2, 0.25) is 5.91 Å². The molecule has 3 nitrogen and oxygen atoms in total. The molecule has 1 saturated carbocycles. The lowest BCUT2D eigenvalue weighted by Gasteiger charge is -2.31. The molecule has 1 aliphatic carbocycles. The standard InChI is InChI=1S/C14H26N2O/c1-11-6-8-16(10-11)14(17)13-4-2-3-12(9-13)5-7-15/h11-13H,2-10,15H2,1H3. The first-order valence-electron chi connectivity index (χ1n) is 7.19. The first-order chi connectivity index (χ1) is 8.20. The van der Waals surface area contributed by atoms with E-state index in [9.17, 15) is 4.79 Å². The zero-order valence-electron chi connectivity index (χ0n) is 11.0. The van der Waals surface area contributed by atoms with Crippen LogP contribution in [-0.2, 0) is 4.79 Å². The summed E-state index contributed by atoms with van der Waals surface area (Å²) in [4.78, 5) is 14.5. The summed E-state index contributed by atoms with van der Waals surface area (Å²) in [6, 6.07) is 0. The second-order valence-corrected chi connectivity index (χ2v) is 5.99. The van der Waals surface area contributed by atoms with E-state index in [1.807, 2.05) is 0 Å². The Balaban J connectivity index is 1.86. The van der Waals surface area contributed by atoms with Crippen LogP contribution < -0.4 is 5.73 Å². The van der Waals surface area contributed by atoms with Gasteiger partial charge >= 0.3 is 0 Å². The summed E-state index contributed by atoms with van der Waals surface area (Å²) in [5.74, 6) is 2.12. The van der Waals surface area contributed by atoms with E-state index in [1.165, 1.54) is 19.3 Å². The summed E-state index contributed by atoms with van der Waals surface area (Å²) in [5, 5.41) is 0. The molecule has 2 aliphatic rings. The molecular formula is C14H26N2O. The van der Waals surface area contributed by atoms with E-state index in [0.717, 1.165) is 38.9 Å². The van der Waals surface area contributed by atoms with Gasteiger partial charge in [-0.25, -0.2) is 0 Å². The third kappa shape index (κ3) is 3.21. The lowest BCUT2D eigenvalue weighted by atomic mass is 9.79. The van der Waals surface area contributed by atoms with Crippen LogP contribution in [0.25, 0.3) is 0 Å². The van der Waals surface area contributed by atoms with E-state index in [0.29, 0.717) is 23.7 Å². The third-order valence-electron chi connectivity index (χ3n) is 4.44. The van der Waals surface area contributed by atoms with Crippen molar-refractivity contribution in [3.63, 3.8) is 0 Å². The van der Waals surface area contributed by atoms with Crippen LogP contribution >= 0.6 is 0 Å². The lowest BCUT2D eigenvalue weighted by Crippen LogP contribution is -2.36. The molecule has 0 radical (unpaired) electrons. The number of hydrogen-bond donors (Lipinski definition) is 1. The van der Waals surface area contributed by atoms with E-state index < -0.39 is 0 Å². The number of nitrogens with zero attached hydrogens (tertiary/aromatic N) is 1. The van der Waals surface area contributed by atoms with Crippen LogP contribution in [0.15, 0.2) is 0 Å². The van der Waals surface area contributed by atoms with Crippen LogP contribution in [0.2, 0.25) is 0 Å². The first kappa shape index (κ1) is 12.9. The van der Waals surface area contributed by atoms with Gasteiger partial charge in [-0.15, -0.1) is 0 Å². The highest BCUT2D eigenvalue weighted by molar-refractivity contribution is 5.79. The van der Waals surface area contributed by atoms with Crippen molar-refractivity contribution in [3.05, 3.63) is 0 Å². The number of likely N-dealkylation sites (tertiary alicyclic amines) is 1. The van der Waals surface area contributed by atoms with Crippen molar-refractivity contribution in [2.45, 2.75) is 45.4 Å². The van der Waals surface area contributed by atoms with Crippen molar-refractivity contribution in [3.8, 4) is 0 Å². The molecule has 17 heavy (non-hydrogen) atoms. The summed E-state index contributed by atoms with van der Waals surface area (Å²) in [7, 11) is 0. The fourth-order valence-electron chi connectivity index (χ4n) is 3.41. The van der Waals surface area contributed by atoms with Crippen molar-refractivity contribution >= 4 is 5.91 Å². The molecule has 1 amide bonds.